The van der Waals surface area contributed by atoms with E-state index < -0.39 is 12.1 Å². The van der Waals surface area contributed by atoms with Gasteiger partial charge in [-0.05, 0) is 36.6 Å². The Morgan fingerprint density at radius 3 is 2.45 bits per heavy atom. The van der Waals surface area contributed by atoms with Crippen molar-refractivity contribution in [1.82, 2.24) is 20.2 Å². The minimum atomic E-state index is -1.07. The number of benzene rings is 1. The van der Waals surface area contributed by atoms with Crippen LogP contribution in [0.3, 0.4) is 0 Å². The average Bonchev–Trinajstić information content (AvgIpc) is 2.88. The van der Waals surface area contributed by atoms with Gasteiger partial charge in [-0.3, -0.25) is 4.90 Å². The molecule has 3 heterocycles. The fourth-order valence-electron chi connectivity index (χ4n) is 5.02. The smallest absolute Gasteiger partial charge is 0.407 e. The second-order valence-electron chi connectivity index (χ2n) is 10.6. The van der Waals surface area contributed by atoms with Crippen LogP contribution in [0.5, 0.6) is 0 Å². The third kappa shape index (κ3) is 5.65. The number of aromatic nitrogens is 2. The van der Waals surface area contributed by atoms with Crippen LogP contribution in [0, 0.1) is 16.7 Å². The first kappa shape index (κ1) is 27.1. The highest BCUT2D eigenvalue weighted by Crippen LogP contribution is 2.48. The average molecular weight is 522 g/mol. The van der Waals surface area contributed by atoms with Gasteiger partial charge in [0.25, 0.3) is 0 Å². The van der Waals surface area contributed by atoms with Gasteiger partial charge >= 0.3 is 12.1 Å². The lowest BCUT2D eigenvalue weighted by atomic mass is 9.72. The number of fused-ring (bicyclic) bond motifs is 1. The SMILES string of the molecule is CCNC(=O)Nc1ccc(-c2nc3c(c(N4CCOCC4)n2)[C@H](C(C)(C)C)CN(C(=O)O)C3CC#N)cc1. The molecule has 202 valence electrons. The molecule has 38 heavy (non-hydrogen) atoms. The maximum Gasteiger partial charge on any atom is 0.407 e. The van der Waals surface area contributed by atoms with Crippen LogP contribution in [0.15, 0.2) is 24.3 Å². The molecule has 0 radical (unpaired) electrons. The van der Waals surface area contributed by atoms with E-state index in [9.17, 15) is 20.0 Å². The maximum absolute atomic E-state index is 12.3. The van der Waals surface area contributed by atoms with Crippen molar-refractivity contribution in [2.24, 2.45) is 5.41 Å². The van der Waals surface area contributed by atoms with E-state index in [2.05, 4.69) is 42.4 Å². The third-order valence-electron chi connectivity index (χ3n) is 7.00. The Bertz CT molecular complexity index is 1210. The van der Waals surface area contributed by atoms with Gasteiger partial charge in [-0.25, -0.2) is 19.6 Å². The zero-order valence-electron chi connectivity index (χ0n) is 22.3. The first-order chi connectivity index (χ1) is 18.1. The molecule has 2 aromatic rings. The van der Waals surface area contributed by atoms with Crippen molar-refractivity contribution in [2.75, 3.05) is 49.6 Å². The predicted molar refractivity (Wildman–Crippen MR) is 143 cm³/mol. The summed E-state index contributed by atoms with van der Waals surface area (Å²) in [7, 11) is 0. The Kier molecular flexibility index (Phi) is 8.02. The Labute approximate surface area is 222 Å². The highest BCUT2D eigenvalue weighted by atomic mass is 16.5. The van der Waals surface area contributed by atoms with Crippen molar-refractivity contribution >= 4 is 23.6 Å². The monoisotopic (exact) mass is 521 g/mol. The first-order valence-electron chi connectivity index (χ1n) is 12.9. The molecular formula is C27H35N7O4. The molecule has 0 bridgehead atoms. The molecule has 1 unspecified atom stereocenters. The molecule has 0 spiro atoms. The van der Waals surface area contributed by atoms with E-state index in [1.165, 1.54) is 4.90 Å². The number of carbonyl (C=O) groups excluding carboxylic acids is 1. The van der Waals surface area contributed by atoms with E-state index in [1.54, 1.807) is 12.1 Å². The first-order valence-corrected chi connectivity index (χ1v) is 12.9. The molecule has 11 nitrogen and oxygen atoms in total. The number of hydrogen-bond acceptors (Lipinski definition) is 7. The number of nitrogens with one attached hydrogen (secondary N) is 2. The molecule has 1 saturated heterocycles. The number of ether oxygens (including phenoxy) is 1. The standard InChI is InChI=1S/C27H35N7O4/c1-5-29-25(35)30-18-8-6-17(7-9-18)23-31-22-20(10-11-28)34(26(36)37)16-19(27(2,3)4)21(22)24(32-23)33-12-14-38-15-13-33/h6-9,19-20H,5,10,12-16H2,1-4H3,(H,36,37)(H2,29,30,35)/t19-,20?/m1/s1. The zero-order valence-corrected chi connectivity index (χ0v) is 22.3. The second kappa shape index (κ2) is 11.2. The van der Waals surface area contributed by atoms with E-state index in [1.807, 2.05) is 19.1 Å². The van der Waals surface area contributed by atoms with Crippen LogP contribution in [0.1, 0.15) is 57.3 Å². The minimum absolute atomic E-state index is 0.00936. The molecule has 2 aliphatic heterocycles. The Hall–Kier alpha value is -3.91. The van der Waals surface area contributed by atoms with Crippen LogP contribution in [0.2, 0.25) is 0 Å². The Morgan fingerprint density at radius 1 is 1.18 bits per heavy atom. The number of urea groups is 1. The van der Waals surface area contributed by atoms with Gasteiger partial charge in [0.15, 0.2) is 5.82 Å². The van der Waals surface area contributed by atoms with E-state index in [4.69, 9.17) is 14.7 Å². The van der Waals surface area contributed by atoms with Gasteiger partial charge in [-0.2, -0.15) is 5.26 Å². The van der Waals surface area contributed by atoms with E-state index in [0.29, 0.717) is 50.1 Å². The van der Waals surface area contributed by atoms with Crippen LogP contribution in [0.4, 0.5) is 21.1 Å². The number of carboxylic acid groups (broad SMARTS) is 1. The number of amides is 3. The highest BCUT2D eigenvalue weighted by molar-refractivity contribution is 5.89. The van der Waals surface area contributed by atoms with Crippen LogP contribution < -0.4 is 15.5 Å². The molecule has 4 rings (SSSR count). The summed E-state index contributed by atoms with van der Waals surface area (Å²) in [5, 5.41) is 25.2. The lowest BCUT2D eigenvalue weighted by molar-refractivity contribution is 0.0974. The minimum Gasteiger partial charge on any atom is -0.465 e. The number of morpholine rings is 1. The summed E-state index contributed by atoms with van der Waals surface area (Å²) in [5.41, 5.74) is 2.56. The second-order valence-corrected chi connectivity index (χ2v) is 10.6. The summed E-state index contributed by atoms with van der Waals surface area (Å²) in [5.74, 6) is 1.04. The van der Waals surface area contributed by atoms with Crippen molar-refractivity contribution in [3.8, 4) is 17.5 Å². The molecule has 3 N–H and O–H groups in total. The fourth-order valence-corrected chi connectivity index (χ4v) is 5.02. The summed E-state index contributed by atoms with van der Waals surface area (Å²) in [6.45, 7) is 11.3. The van der Waals surface area contributed by atoms with Gasteiger partial charge in [0, 0.05) is 48.9 Å². The zero-order chi connectivity index (χ0) is 27.4. The summed E-state index contributed by atoms with van der Waals surface area (Å²) in [6, 6.07) is 8.37. The lowest BCUT2D eigenvalue weighted by Crippen LogP contribution is -2.47. The van der Waals surface area contributed by atoms with Crippen LogP contribution >= 0.6 is 0 Å². The van der Waals surface area contributed by atoms with Crippen molar-refractivity contribution in [1.29, 1.82) is 5.26 Å². The molecule has 2 aliphatic rings. The van der Waals surface area contributed by atoms with Crippen molar-refractivity contribution in [3.05, 3.63) is 35.5 Å². The molecule has 0 saturated carbocycles. The normalized spacial score (nSPS) is 19.3. The van der Waals surface area contributed by atoms with Gasteiger partial charge in [0.2, 0.25) is 0 Å². The topological polar surface area (TPSA) is 144 Å². The summed E-state index contributed by atoms with van der Waals surface area (Å²) in [6.07, 6.45) is -1.08. The van der Waals surface area contributed by atoms with Crippen molar-refractivity contribution in [3.63, 3.8) is 0 Å². The highest BCUT2D eigenvalue weighted by Gasteiger charge is 2.44. The van der Waals surface area contributed by atoms with Crippen LogP contribution in [0.25, 0.3) is 11.4 Å². The van der Waals surface area contributed by atoms with Crippen molar-refractivity contribution in [2.45, 2.75) is 46.1 Å². The third-order valence-corrected chi connectivity index (χ3v) is 7.00. The van der Waals surface area contributed by atoms with Crippen molar-refractivity contribution < 1.29 is 19.4 Å². The largest absolute Gasteiger partial charge is 0.465 e. The number of hydrogen-bond donors (Lipinski definition) is 3. The molecule has 1 aromatic carbocycles. The number of anilines is 2. The maximum atomic E-state index is 12.3. The molecule has 1 aromatic heterocycles. The number of nitriles is 1. The van der Waals surface area contributed by atoms with Gasteiger partial charge in [0.05, 0.1) is 37.4 Å². The lowest BCUT2D eigenvalue weighted by Gasteiger charge is -2.45. The summed E-state index contributed by atoms with van der Waals surface area (Å²) < 4.78 is 5.59. The summed E-state index contributed by atoms with van der Waals surface area (Å²) in [4.78, 5) is 37.7. The van der Waals surface area contributed by atoms with Gasteiger partial charge in [-0.15, -0.1) is 0 Å². The van der Waals surface area contributed by atoms with E-state index in [-0.39, 0.29) is 30.3 Å². The van der Waals surface area contributed by atoms with E-state index >= 15 is 0 Å². The quantitative estimate of drug-likeness (QED) is 0.531. The fraction of sp³-hybridized carbons (Fsp3) is 0.519. The number of rotatable bonds is 5. The predicted octanol–water partition coefficient (Wildman–Crippen LogP) is 4.20. The number of nitrogens with zero attached hydrogens (tertiary/aromatic N) is 5. The summed E-state index contributed by atoms with van der Waals surface area (Å²) >= 11 is 0. The van der Waals surface area contributed by atoms with E-state index in [0.717, 1.165) is 16.9 Å². The molecule has 0 aliphatic carbocycles. The van der Waals surface area contributed by atoms with Gasteiger partial charge in [-0.1, -0.05) is 20.8 Å². The molecule has 2 atom stereocenters. The van der Waals surface area contributed by atoms with Crippen LogP contribution in [-0.2, 0) is 4.74 Å². The van der Waals surface area contributed by atoms with Crippen LogP contribution in [-0.4, -0.2) is 71.5 Å². The number of carbonyl (C=O) groups is 2. The van der Waals surface area contributed by atoms with Gasteiger partial charge < -0.3 is 25.4 Å². The Morgan fingerprint density at radius 2 is 1.87 bits per heavy atom. The molecule has 11 heteroatoms. The molecular weight excluding hydrogens is 486 g/mol. The molecule has 3 amide bonds. The van der Waals surface area contributed by atoms with Gasteiger partial charge in [0.1, 0.15) is 5.82 Å². The molecule has 1 fully saturated rings. The Balaban J connectivity index is 1.87.